The maximum Gasteiger partial charge on any atom is 0.248 e. The zero-order valence-electron chi connectivity index (χ0n) is 13.1. The second kappa shape index (κ2) is 7.00. The third kappa shape index (κ3) is 3.81. The monoisotopic (exact) mass is 322 g/mol. The van der Waals surface area contributed by atoms with E-state index >= 15 is 0 Å². The molecule has 5 nitrogen and oxygen atoms in total. The quantitative estimate of drug-likeness (QED) is 0.827. The van der Waals surface area contributed by atoms with E-state index < -0.39 is 5.91 Å². The molecule has 2 aromatic rings. The molecule has 0 fully saturated rings. The first kappa shape index (κ1) is 15.8. The van der Waals surface area contributed by atoms with Crippen molar-refractivity contribution in [2.24, 2.45) is 5.73 Å². The maximum atomic E-state index is 11.9. The minimum Gasteiger partial charge on any atom is -0.493 e. The molecular weight excluding hydrogens is 304 g/mol. The van der Waals surface area contributed by atoms with Crippen molar-refractivity contribution in [2.75, 3.05) is 6.61 Å². The van der Waals surface area contributed by atoms with E-state index in [4.69, 9.17) is 10.5 Å². The molecule has 1 aliphatic heterocycles. The number of benzene rings is 2. The van der Waals surface area contributed by atoms with E-state index in [9.17, 15) is 9.59 Å². The van der Waals surface area contributed by atoms with Crippen LogP contribution in [0.2, 0.25) is 0 Å². The van der Waals surface area contributed by atoms with Crippen molar-refractivity contribution in [1.82, 2.24) is 5.32 Å². The van der Waals surface area contributed by atoms with Gasteiger partial charge in [-0.1, -0.05) is 18.2 Å². The van der Waals surface area contributed by atoms with Crippen LogP contribution < -0.4 is 15.8 Å². The second-order valence-electron chi connectivity index (χ2n) is 5.58. The van der Waals surface area contributed by atoms with E-state index in [1.165, 1.54) is 11.6 Å². The van der Waals surface area contributed by atoms with E-state index in [-0.39, 0.29) is 5.91 Å². The highest BCUT2D eigenvalue weighted by Gasteiger charge is 2.11. The highest BCUT2D eigenvalue weighted by molar-refractivity contribution is 5.93. The Kier molecular flexibility index (Phi) is 4.61. The predicted molar refractivity (Wildman–Crippen MR) is 91.5 cm³/mol. The number of nitrogens with one attached hydrogen (secondary N) is 1. The Morgan fingerprint density at radius 3 is 2.92 bits per heavy atom. The summed E-state index contributed by atoms with van der Waals surface area (Å²) in [7, 11) is 0. The van der Waals surface area contributed by atoms with Gasteiger partial charge in [0, 0.05) is 24.6 Å². The first-order valence-corrected chi connectivity index (χ1v) is 7.72. The van der Waals surface area contributed by atoms with Crippen molar-refractivity contribution in [2.45, 2.75) is 13.0 Å². The van der Waals surface area contributed by atoms with E-state index in [0.717, 1.165) is 23.3 Å². The minimum absolute atomic E-state index is 0.198. The Bertz CT molecular complexity index is 812. The Hall–Kier alpha value is -3.08. The summed E-state index contributed by atoms with van der Waals surface area (Å²) >= 11 is 0. The lowest BCUT2D eigenvalue weighted by Gasteiger charge is -2.04. The van der Waals surface area contributed by atoms with Crippen LogP contribution in [0.1, 0.15) is 27.0 Å². The number of amides is 2. The minimum atomic E-state index is -0.483. The number of primary amides is 1. The molecule has 24 heavy (non-hydrogen) atoms. The summed E-state index contributed by atoms with van der Waals surface area (Å²) in [4.78, 5) is 23.1. The van der Waals surface area contributed by atoms with Gasteiger partial charge in [-0.3, -0.25) is 9.59 Å². The molecule has 3 rings (SSSR count). The van der Waals surface area contributed by atoms with Crippen molar-refractivity contribution in [3.63, 3.8) is 0 Å². The van der Waals surface area contributed by atoms with E-state index in [2.05, 4.69) is 5.32 Å². The Morgan fingerprint density at radius 2 is 2.08 bits per heavy atom. The molecule has 0 bridgehead atoms. The average molecular weight is 322 g/mol. The van der Waals surface area contributed by atoms with Crippen molar-refractivity contribution in [3.05, 3.63) is 70.8 Å². The number of hydrogen-bond donors (Lipinski definition) is 2. The summed E-state index contributed by atoms with van der Waals surface area (Å²) in [6, 6.07) is 12.8. The van der Waals surface area contributed by atoms with Crippen molar-refractivity contribution < 1.29 is 14.3 Å². The third-order valence-electron chi connectivity index (χ3n) is 3.82. The van der Waals surface area contributed by atoms with Gasteiger partial charge in [0.15, 0.2) is 0 Å². The topological polar surface area (TPSA) is 81.4 Å². The van der Waals surface area contributed by atoms with Gasteiger partial charge in [0.2, 0.25) is 11.8 Å². The normalized spacial score (nSPS) is 12.7. The Morgan fingerprint density at radius 1 is 1.21 bits per heavy atom. The molecule has 2 aromatic carbocycles. The molecule has 0 unspecified atom stereocenters. The van der Waals surface area contributed by atoms with Gasteiger partial charge < -0.3 is 15.8 Å². The Labute approximate surface area is 140 Å². The van der Waals surface area contributed by atoms with Gasteiger partial charge in [-0.25, -0.2) is 0 Å². The van der Waals surface area contributed by atoms with E-state index in [1.807, 2.05) is 24.3 Å². The predicted octanol–water partition coefficient (Wildman–Crippen LogP) is 2.05. The van der Waals surface area contributed by atoms with Gasteiger partial charge in [0.05, 0.1) is 6.61 Å². The molecule has 1 aliphatic rings. The summed E-state index contributed by atoms with van der Waals surface area (Å²) in [6.45, 7) is 1.05. The second-order valence-corrected chi connectivity index (χ2v) is 5.58. The van der Waals surface area contributed by atoms with Gasteiger partial charge in [-0.05, 0) is 47.0 Å². The van der Waals surface area contributed by atoms with Gasteiger partial charge in [-0.15, -0.1) is 0 Å². The zero-order chi connectivity index (χ0) is 16.9. The molecule has 0 atom stereocenters. The number of fused-ring (bicyclic) bond motifs is 1. The fourth-order valence-corrected chi connectivity index (χ4v) is 2.56. The van der Waals surface area contributed by atoms with Crippen LogP contribution in [0, 0.1) is 0 Å². The summed E-state index contributed by atoms with van der Waals surface area (Å²) < 4.78 is 5.46. The van der Waals surface area contributed by atoms with Gasteiger partial charge >= 0.3 is 0 Å². The Balaban J connectivity index is 1.57. The number of rotatable bonds is 5. The van der Waals surface area contributed by atoms with E-state index in [0.29, 0.717) is 18.7 Å². The third-order valence-corrected chi connectivity index (χ3v) is 3.82. The smallest absolute Gasteiger partial charge is 0.248 e. The molecule has 2 amide bonds. The number of ether oxygens (including phenoxy) is 1. The number of carbonyl (C=O) groups is 2. The molecule has 5 heteroatoms. The molecule has 0 radical (unpaired) electrons. The molecular formula is C19H18N2O3. The molecule has 0 saturated heterocycles. The lowest BCUT2D eigenvalue weighted by Crippen LogP contribution is -2.20. The fourth-order valence-electron chi connectivity index (χ4n) is 2.56. The number of nitrogens with two attached hydrogens (primary N) is 1. The zero-order valence-corrected chi connectivity index (χ0v) is 13.1. The van der Waals surface area contributed by atoms with Gasteiger partial charge in [0.25, 0.3) is 0 Å². The molecule has 0 saturated carbocycles. The first-order valence-electron chi connectivity index (χ1n) is 7.72. The lowest BCUT2D eigenvalue weighted by atomic mass is 10.1. The van der Waals surface area contributed by atoms with Crippen LogP contribution in [0.25, 0.3) is 6.08 Å². The van der Waals surface area contributed by atoms with Crippen molar-refractivity contribution in [3.8, 4) is 5.75 Å². The summed E-state index contributed by atoms with van der Waals surface area (Å²) in [5.41, 5.74) is 8.62. The highest BCUT2D eigenvalue weighted by Crippen LogP contribution is 2.26. The fraction of sp³-hybridized carbons (Fsp3) is 0.158. The molecule has 1 heterocycles. The van der Waals surface area contributed by atoms with Crippen LogP contribution in [0.3, 0.4) is 0 Å². The van der Waals surface area contributed by atoms with Crippen molar-refractivity contribution >= 4 is 17.9 Å². The summed E-state index contributed by atoms with van der Waals surface area (Å²) in [5, 5.41) is 2.79. The van der Waals surface area contributed by atoms with Crippen LogP contribution in [-0.2, 0) is 17.8 Å². The largest absolute Gasteiger partial charge is 0.493 e. The molecule has 3 N–H and O–H groups in total. The van der Waals surface area contributed by atoms with Crippen LogP contribution in [0.15, 0.2) is 48.5 Å². The highest BCUT2D eigenvalue weighted by atomic mass is 16.5. The molecule has 0 aromatic heterocycles. The maximum absolute atomic E-state index is 11.9. The van der Waals surface area contributed by atoms with E-state index in [1.54, 1.807) is 24.3 Å². The summed E-state index contributed by atoms with van der Waals surface area (Å²) in [6.07, 6.45) is 4.17. The summed E-state index contributed by atoms with van der Waals surface area (Å²) in [5.74, 6) is 0.242. The molecule has 122 valence electrons. The number of hydrogen-bond acceptors (Lipinski definition) is 3. The first-order chi connectivity index (χ1) is 11.6. The standard InChI is InChI=1S/C19H18N2O3/c20-19(23)16-3-1-2-14(11-16)12-21-18(22)7-5-13-4-6-17-15(10-13)8-9-24-17/h1-7,10-11H,8-9,12H2,(H2,20,23)(H,21,22)/b7-5+. The van der Waals surface area contributed by atoms with Crippen LogP contribution in [0.5, 0.6) is 5.75 Å². The van der Waals surface area contributed by atoms with Gasteiger partial charge in [-0.2, -0.15) is 0 Å². The number of carbonyl (C=O) groups excluding carboxylic acids is 2. The average Bonchev–Trinajstić information content (AvgIpc) is 3.06. The molecule has 0 aliphatic carbocycles. The lowest BCUT2D eigenvalue weighted by molar-refractivity contribution is -0.116. The van der Waals surface area contributed by atoms with Crippen LogP contribution in [-0.4, -0.2) is 18.4 Å². The van der Waals surface area contributed by atoms with Gasteiger partial charge in [0.1, 0.15) is 5.75 Å². The van der Waals surface area contributed by atoms with Crippen molar-refractivity contribution in [1.29, 1.82) is 0 Å². The molecule has 0 spiro atoms. The van der Waals surface area contributed by atoms with Crippen LogP contribution in [0.4, 0.5) is 0 Å². The SMILES string of the molecule is NC(=O)c1cccc(CNC(=O)/C=C/c2ccc3c(c2)CCO3)c1. The van der Waals surface area contributed by atoms with Crippen LogP contribution >= 0.6 is 0 Å².